The molecule has 3 aromatic carbocycles. The lowest BCUT2D eigenvalue weighted by Gasteiger charge is -2.18. The van der Waals surface area contributed by atoms with Gasteiger partial charge in [-0.05, 0) is 55.5 Å². The van der Waals surface area contributed by atoms with E-state index in [1.54, 1.807) is 87.9 Å². The first-order valence-electron chi connectivity index (χ1n) is 9.60. The zero-order valence-electron chi connectivity index (χ0n) is 17.5. The Morgan fingerprint density at radius 3 is 2.32 bits per heavy atom. The van der Waals surface area contributed by atoms with Gasteiger partial charge in [-0.2, -0.15) is 5.26 Å². The largest absolute Gasteiger partial charge is 0.497 e. The number of hydrogen-bond acceptors (Lipinski definition) is 6. The van der Waals surface area contributed by atoms with Gasteiger partial charge in [0, 0.05) is 11.8 Å². The fourth-order valence-corrected chi connectivity index (χ4v) is 2.86. The van der Waals surface area contributed by atoms with Gasteiger partial charge in [0.15, 0.2) is 11.5 Å². The van der Waals surface area contributed by atoms with Crippen LogP contribution in [0.3, 0.4) is 0 Å². The first kappa shape index (κ1) is 21.5. The maximum atomic E-state index is 12.6. The number of hydrogen-bond donors (Lipinski definition) is 2. The Bertz CT molecular complexity index is 1090. The lowest BCUT2D eigenvalue weighted by Crippen LogP contribution is -2.32. The average molecular weight is 417 g/mol. The van der Waals surface area contributed by atoms with Crippen LogP contribution < -0.4 is 24.8 Å². The Morgan fingerprint density at radius 1 is 0.935 bits per heavy atom. The first-order chi connectivity index (χ1) is 15.0. The molecule has 7 nitrogen and oxygen atoms in total. The van der Waals surface area contributed by atoms with Crippen LogP contribution in [0.15, 0.2) is 66.7 Å². The molecule has 158 valence electrons. The van der Waals surface area contributed by atoms with Gasteiger partial charge in [0.1, 0.15) is 23.6 Å². The van der Waals surface area contributed by atoms with E-state index in [9.17, 15) is 10.1 Å². The molecule has 0 radical (unpaired) electrons. The summed E-state index contributed by atoms with van der Waals surface area (Å²) in [6.45, 7) is 1.73. The highest BCUT2D eigenvalue weighted by Gasteiger charge is 2.16. The Labute approximate surface area is 181 Å². The number of carbonyl (C=O) groups is 1. The molecular formula is C24H23N3O4. The number of nitrogens with one attached hydrogen (secondary N) is 2. The summed E-state index contributed by atoms with van der Waals surface area (Å²) in [5.74, 6) is 2.14. The standard InChI is InChI=1S/C24H23N3O4/c1-16(24(28)27-21-7-5-4-6-17(21)15-25)26-18-8-13-22(30-3)23(14-18)31-20-11-9-19(29-2)10-12-20/h4-14,16,26H,1-3H3,(H,27,28). The molecule has 3 aromatic rings. The van der Waals surface area contributed by atoms with E-state index in [2.05, 4.69) is 16.7 Å². The van der Waals surface area contributed by atoms with Crippen LogP contribution in [0.25, 0.3) is 0 Å². The average Bonchev–Trinajstić information content (AvgIpc) is 2.80. The molecule has 2 N–H and O–H groups in total. The molecule has 31 heavy (non-hydrogen) atoms. The molecule has 0 aliphatic rings. The van der Waals surface area contributed by atoms with Gasteiger partial charge in [0.2, 0.25) is 5.91 Å². The summed E-state index contributed by atoms with van der Waals surface area (Å²) in [5.41, 5.74) is 1.56. The van der Waals surface area contributed by atoms with Crippen molar-refractivity contribution in [2.75, 3.05) is 24.9 Å². The van der Waals surface area contributed by atoms with Crippen LogP contribution in [0.5, 0.6) is 23.0 Å². The van der Waals surface area contributed by atoms with Crippen molar-refractivity contribution < 1.29 is 19.0 Å². The van der Waals surface area contributed by atoms with Crippen LogP contribution in [0.4, 0.5) is 11.4 Å². The van der Waals surface area contributed by atoms with Crippen LogP contribution in [0, 0.1) is 11.3 Å². The quantitative estimate of drug-likeness (QED) is 0.547. The molecular weight excluding hydrogens is 394 g/mol. The zero-order valence-corrected chi connectivity index (χ0v) is 17.5. The van der Waals surface area contributed by atoms with Crippen LogP contribution in [0.1, 0.15) is 12.5 Å². The smallest absolute Gasteiger partial charge is 0.246 e. The maximum Gasteiger partial charge on any atom is 0.246 e. The van der Waals surface area contributed by atoms with E-state index in [4.69, 9.17) is 14.2 Å². The first-order valence-corrected chi connectivity index (χ1v) is 9.60. The zero-order chi connectivity index (χ0) is 22.2. The molecule has 7 heteroatoms. The van der Waals surface area contributed by atoms with Gasteiger partial charge < -0.3 is 24.8 Å². The van der Waals surface area contributed by atoms with Gasteiger partial charge in [-0.3, -0.25) is 4.79 Å². The van der Waals surface area contributed by atoms with Gasteiger partial charge in [-0.15, -0.1) is 0 Å². The molecule has 0 saturated carbocycles. The van der Waals surface area contributed by atoms with Gasteiger partial charge in [-0.25, -0.2) is 0 Å². The molecule has 1 amide bonds. The minimum atomic E-state index is -0.561. The summed E-state index contributed by atoms with van der Waals surface area (Å²) in [4.78, 5) is 12.6. The van der Waals surface area contributed by atoms with Gasteiger partial charge in [-0.1, -0.05) is 12.1 Å². The van der Waals surface area contributed by atoms with Crippen molar-refractivity contribution in [3.8, 4) is 29.1 Å². The van der Waals surface area contributed by atoms with E-state index in [1.165, 1.54) is 0 Å². The molecule has 1 atom stereocenters. The van der Waals surface area contributed by atoms with Crippen molar-refractivity contribution in [2.45, 2.75) is 13.0 Å². The summed E-state index contributed by atoms with van der Waals surface area (Å²) in [5, 5.41) is 15.1. The van der Waals surface area contributed by atoms with Gasteiger partial charge >= 0.3 is 0 Å². The van der Waals surface area contributed by atoms with Gasteiger partial charge in [0.25, 0.3) is 0 Å². The van der Waals surface area contributed by atoms with Crippen molar-refractivity contribution in [1.82, 2.24) is 0 Å². The topological polar surface area (TPSA) is 92.6 Å². The third-order valence-corrected chi connectivity index (χ3v) is 4.53. The second-order valence-electron chi connectivity index (χ2n) is 6.66. The molecule has 0 aliphatic carbocycles. The number of methoxy groups -OCH3 is 2. The van der Waals surface area contributed by atoms with Crippen LogP contribution in [-0.4, -0.2) is 26.2 Å². The van der Waals surface area contributed by atoms with Gasteiger partial charge in [0.05, 0.1) is 25.5 Å². The summed E-state index contributed by atoms with van der Waals surface area (Å²) in [6, 6.07) is 20.9. The lowest BCUT2D eigenvalue weighted by molar-refractivity contribution is -0.116. The minimum Gasteiger partial charge on any atom is -0.497 e. The summed E-state index contributed by atoms with van der Waals surface area (Å²) < 4.78 is 16.5. The summed E-state index contributed by atoms with van der Waals surface area (Å²) in [7, 11) is 3.16. The van der Waals surface area contributed by atoms with Crippen molar-refractivity contribution in [2.24, 2.45) is 0 Å². The molecule has 0 aromatic heterocycles. The predicted octanol–water partition coefficient (Wildman–Crippen LogP) is 4.81. The number of nitriles is 1. The number of nitrogens with zero attached hydrogens (tertiary/aromatic N) is 1. The Hall–Kier alpha value is -4.18. The van der Waals surface area contributed by atoms with E-state index in [0.29, 0.717) is 34.2 Å². The normalized spacial score (nSPS) is 11.0. The highest BCUT2D eigenvalue weighted by Crippen LogP contribution is 2.34. The number of benzene rings is 3. The second kappa shape index (κ2) is 10.0. The number of carbonyl (C=O) groups excluding carboxylic acids is 1. The number of anilines is 2. The molecule has 0 heterocycles. The molecule has 1 unspecified atom stereocenters. The van der Waals surface area contributed by atoms with Crippen LogP contribution in [0.2, 0.25) is 0 Å². The van der Waals surface area contributed by atoms with E-state index >= 15 is 0 Å². The summed E-state index contributed by atoms with van der Waals surface area (Å²) in [6.07, 6.45) is 0. The lowest BCUT2D eigenvalue weighted by atomic mass is 10.2. The third-order valence-electron chi connectivity index (χ3n) is 4.53. The number of ether oxygens (including phenoxy) is 3. The van der Waals surface area contributed by atoms with Crippen molar-refractivity contribution in [3.63, 3.8) is 0 Å². The molecule has 0 fully saturated rings. The van der Waals surface area contributed by atoms with E-state index in [0.717, 1.165) is 5.75 Å². The van der Waals surface area contributed by atoms with Crippen LogP contribution >= 0.6 is 0 Å². The molecule has 3 rings (SSSR count). The van der Waals surface area contributed by atoms with Crippen molar-refractivity contribution >= 4 is 17.3 Å². The van der Waals surface area contributed by atoms with E-state index in [-0.39, 0.29) is 5.91 Å². The molecule has 0 bridgehead atoms. The highest BCUT2D eigenvalue weighted by atomic mass is 16.5. The SMILES string of the molecule is COc1ccc(Oc2cc(NC(C)C(=O)Nc3ccccc3C#N)ccc2OC)cc1. The fraction of sp³-hybridized carbons (Fsp3) is 0.167. The summed E-state index contributed by atoms with van der Waals surface area (Å²) >= 11 is 0. The Kier molecular flexibility index (Phi) is 6.97. The number of para-hydroxylation sites is 1. The van der Waals surface area contributed by atoms with E-state index < -0.39 is 6.04 Å². The van der Waals surface area contributed by atoms with Crippen molar-refractivity contribution in [1.29, 1.82) is 5.26 Å². The number of rotatable bonds is 8. The maximum absolute atomic E-state index is 12.6. The second-order valence-corrected chi connectivity index (χ2v) is 6.66. The molecule has 0 spiro atoms. The van der Waals surface area contributed by atoms with E-state index in [1.807, 2.05) is 0 Å². The Balaban J connectivity index is 1.72. The predicted molar refractivity (Wildman–Crippen MR) is 119 cm³/mol. The Morgan fingerprint density at radius 2 is 1.65 bits per heavy atom. The minimum absolute atomic E-state index is 0.267. The monoisotopic (exact) mass is 417 g/mol. The van der Waals surface area contributed by atoms with Crippen LogP contribution in [-0.2, 0) is 4.79 Å². The fourth-order valence-electron chi connectivity index (χ4n) is 2.86. The molecule has 0 aliphatic heterocycles. The third kappa shape index (κ3) is 5.46. The van der Waals surface area contributed by atoms with Crippen molar-refractivity contribution in [3.05, 3.63) is 72.3 Å². The highest BCUT2D eigenvalue weighted by molar-refractivity contribution is 5.97. The molecule has 0 saturated heterocycles. The number of amides is 1.